The van der Waals surface area contributed by atoms with Gasteiger partial charge < -0.3 is 15.6 Å². The number of nitrogens with one attached hydrogen (secondary N) is 1. The van der Waals surface area contributed by atoms with Crippen LogP contribution in [0.3, 0.4) is 0 Å². The number of carbonyl (C=O) groups is 1. The molecule has 0 aliphatic carbocycles. The third-order valence-electron chi connectivity index (χ3n) is 4.60. The summed E-state index contributed by atoms with van der Waals surface area (Å²) in [7, 11) is -3.66. The molecule has 3 heterocycles. The minimum absolute atomic E-state index is 0.166. The predicted octanol–water partition coefficient (Wildman–Crippen LogP) is 1.03. The van der Waals surface area contributed by atoms with E-state index in [2.05, 4.69) is 15.0 Å². The summed E-state index contributed by atoms with van der Waals surface area (Å²) in [6, 6.07) is 10.5. The number of hydrogen-bond donors (Lipinski definition) is 2. The van der Waals surface area contributed by atoms with E-state index in [9.17, 15) is 13.2 Å². The molecular weight excluding hydrogens is 382 g/mol. The normalized spacial score (nSPS) is 20.0. The van der Waals surface area contributed by atoms with Crippen LogP contribution in [0.1, 0.15) is 6.42 Å². The Bertz CT molecular complexity index is 1130. The number of rotatable bonds is 5. The largest absolute Gasteiger partial charge is 0.368 e. The van der Waals surface area contributed by atoms with Crippen molar-refractivity contribution < 1.29 is 17.4 Å². The lowest BCUT2D eigenvalue weighted by molar-refractivity contribution is -0.119. The summed E-state index contributed by atoms with van der Waals surface area (Å²) in [4.78, 5) is 26.0. The molecule has 3 aromatic rings. The second-order valence-corrected chi connectivity index (χ2v) is 8.31. The van der Waals surface area contributed by atoms with Crippen LogP contribution in [0.15, 0.2) is 42.6 Å². The number of nitrogens with zero attached hydrogens (tertiary/aromatic N) is 3. The summed E-state index contributed by atoms with van der Waals surface area (Å²) in [5.41, 5.74) is 7.01. The summed E-state index contributed by atoms with van der Waals surface area (Å²) in [5.74, 6) is 0.429. The predicted molar refractivity (Wildman–Crippen MR) is 104 cm³/mol. The molecule has 0 spiro atoms. The molecule has 3 N–H and O–H groups in total. The highest BCUT2D eigenvalue weighted by molar-refractivity contribution is 7.86. The minimum atomic E-state index is -3.66. The van der Waals surface area contributed by atoms with E-state index in [-0.39, 0.29) is 13.0 Å². The van der Waals surface area contributed by atoms with Crippen molar-refractivity contribution in [2.75, 3.05) is 17.7 Å². The van der Waals surface area contributed by atoms with Gasteiger partial charge in [-0.1, -0.05) is 30.3 Å². The van der Waals surface area contributed by atoms with Crippen LogP contribution >= 0.6 is 0 Å². The maximum Gasteiger partial charge on any atom is 0.264 e. The van der Waals surface area contributed by atoms with Crippen molar-refractivity contribution in [2.24, 2.45) is 5.73 Å². The molecule has 1 saturated heterocycles. The number of aromatic amines is 1. The van der Waals surface area contributed by atoms with Crippen LogP contribution < -0.4 is 10.6 Å². The number of carbonyl (C=O) groups excluding carboxylic acids is 1. The topological polar surface area (TPSA) is 131 Å². The van der Waals surface area contributed by atoms with E-state index in [1.807, 2.05) is 36.4 Å². The highest BCUT2D eigenvalue weighted by Crippen LogP contribution is 2.33. The second kappa shape index (κ2) is 6.88. The fourth-order valence-corrected chi connectivity index (χ4v) is 4.11. The van der Waals surface area contributed by atoms with Gasteiger partial charge in [-0.05, 0) is 6.07 Å². The Balaban J connectivity index is 1.80. The number of H-pyrrole nitrogens is 1. The zero-order valence-corrected chi connectivity index (χ0v) is 15.9. The van der Waals surface area contributed by atoms with Gasteiger partial charge in [0, 0.05) is 24.7 Å². The van der Waals surface area contributed by atoms with Gasteiger partial charge in [-0.2, -0.15) is 8.42 Å². The highest BCUT2D eigenvalue weighted by atomic mass is 32.2. The fraction of sp³-hybridized carbons (Fsp3) is 0.278. The van der Waals surface area contributed by atoms with Crippen LogP contribution in [0.5, 0.6) is 0 Å². The minimum Gasteiger partial charge on any atom is -0.368 e. The Morgan fingerprint density at radius 2 is 2.00 bits per heavy atom. The van der Waals surface area contributed by atoms with E-state index in [4.69, 9.17) is 9.92 Å². The fourth-order valence-electron chi connectivity index (χ4n) is 3.48. The summed E-state index contributed by atoms with van der Waals surface area (Å²) in [5, 5.41) is 0.714. The zero-order chi connectivity index (χ0) is 19.9. The average Bonchev–Trinajstić information content (AvgIpc) is 3.27. The molecule has 1 aliphatic heterocycles. The molecule has 10 heteroatoms. The third kappa shape index (κ3) is 3.56. The van der Waals surface area contributed by atoms with Gasteiger partial charge in [0.1, 0.15) is 17.5 Å². The van der Waals surface area contributed by atoms with Gasteiger partial charge in [0.15, 0.2) is 5.82 Å². The van der Waals surface area contributed by atoms with Gasteiger partial charge in [0.25, 0.3) is 10.1 Å². The molecular formula is C18H19N5O4S. The average molecular weight is 401 g/mol. The third-order valence-corrected chi connectivity index (χ3v) is 5.22. The number of benzene rings is 1. The van der Waals surface area contributed by atoms with E-state index in [0.717, 1.165) is 11.8 Å². The standard InChI is InChI=1S/C18H19N5O4S/c1-28(25,26)27-12-9-14(15(19)24)23(10-12)18-13-7-8-20-17(13)21-16(22-18)11-5-3-2-4-6-11/h2-8,12,14H,9-10H2,1H3,(H2,19,24)(H,20,21,22)/t12-,14-/m0/s1. The first-order chi connectivity index (χ1) is 13.3. The first-order valence-electron chi connectivity index (χ1n) is 8.66. The first-order valence-corrected chi connectivity index (χ1v) is 10.5. The van der Waals surface area contributed by atoms with Gasteiger partial charge in [0.05, 0.1) is 17.7 Å². The van der Waals surface area contributed by atoms with Crippen molar-refractivity contribution in [2.45, 2.75) is 18.6 Å². The maximum absolute atomic E-state index is 12.1. The van der Waals surface area contributed by atoms with Crippen LogP contribution in [0.4, 0.5) is 5.82 Å². The molecule has 9 nitrogen and oxygen atoms in total. The van der Waals surface area contributed by atoms with Crippen molar-refractivity contribution in [3.63, 3.8) is 0 Å². The first kappa shape index (κ1) is 18.4. The SMILES string of the molecule is CS(=O)(=O)O[C@H]1C[C@@H](C(N)=O)N(c2nc(-c3ccccc3)nc3[nH]ccc23)C1. The Morgan fingerprint density at radius 1 is 1.25 bits per heavy atom. The van der Waals surface area contributed by atoms with E-state index in [1.54, 1.807) is 11.1 Å². The smallest absolute Gasteiger partial charge is 0.264 e. The Labute approximate surface area is 161 Å². The molecule has 1 aromatic carbocycles. The van der Waals surface area contributed by atoms with Gasteiger partial charge in [-0.15, -0.1) is 0 Å². The summed E-state index contributed by atoms with van der Waals surface area (Å²) in [6.07, 6.45) is 2.20. The zero-order valence-electron chi connectivity index (χ0n) is 15.1. The van der Waals surface area contributed by atoms with Crippen molar-refractivity contribution >= 4 is 32.9 Å². The molecule has 1 amide bonds. The van der Waals surface area contributed by atoms with Crippen LogP contribution in [0.25, 0.3) is 22.4 Å². The quantitative estimate of drug-likeness (QED) is 0.611. The van der Waals surface area contributed by atoms with Gasteiger partial charge in [-0.3, -0.25) is 8.98 Å². The molecule has 1 fully saturated rings. The Morgan fingerprint density at radius 3 is 2.68 bits per heavy atom. The number of fused-ring (bicyclic) bond motifs is 1. The van der Waals surface area contributed by atoms with Crippen LogP contribution in [-0.2, 0) is 19.1 Å². The summed E-state index contributed by atoms with van der Waals surface area (Å²) in [6.45, 7) is 0.173. The van der Waals surface area contributed by atoms with Crippen molar-refractivity contribution in [3.8, 4) is 11.4 Å². The van der Waals surface area contributed by atoms with E-state index >= 15 is 0 Å². The number of hydrogen-bond acceptors (Lipinski definition) is 7. The van der Waals surface area contributed by atoms with Crippen molar-refractivity contribution in [1.82, 2.24) is 15.0 Å². The van der Waals surface area contributed by atoms with Crippen molar-refractivity contribution in [1.29, 1.82) is 0 Å². The van der Waals surface area contributed by atoms with E-state index < -0.39 is 28.2 Å². The Kier molecular flexibility index (Phi) is 4.52. The van der Waals surface area contributed by atoms with Crippen LogP contribution in [0.2, 0.25) is 0 Å². The number of nitrogens with two attached hydrogens (primary N) is 1. The highest BCUT2D eigenvalue weighted by Gasteiger charge is 2.39. The van der Waals surface area contributed by atoms with Crippen LogP contribution in [0, 0.1) is 0 Å². The van der Waals surface area contributed by atoms with Crippen molar-refractivity contribution in [3.05, 3.63) is 42.6 Å². The second-order valence-electron chi connectivity index (χ2n) is 6.71. The molecule has 0 unspecified atom stereocenters. The molecule has 0 saturated carbocycles. The number of anilines is 1. The van der Waals surface area contributed by atoms with E-state index in [1.165, 1.54) is 0 Å². The molecule has 2 atom stereocenters. The molecule has 0 bridgehead atoms. The lowest BCUT2D eigenvalue weighted by Crippen LogP contribution is -2.41. The lowest BCUT2D eigenvalue weighted by atomic mass is 10.2. The summed E-state index contributed by atoms with van der Waals surface area (Å²) >= 11 is 0. The molecule has 1 aliphatic rings. The van der Waals surface area contributed by atoms with Gasteiger partial charge in [0.2, 0.25) is 5.91 Å². The number of amides is 1. The maximum atomic E-state index is 12.1. The molecule has 0 radical (unpaired) electrons. The number of aromatic nitrogens is 3. The molecule has 4 rings (SSSR count). The lowest BCUT2D eigenvalue weighted by Gasteiger charge is -2.24. The number of primary amides is 1. The van der Waals surface area contributed by atoms with E-state index in [0.29, 0.717) is 22.7 Å². The molecule has 146 valence electrons. The molecule has 2 aromatic heterocycles. The van der Waals surface area contributed by atoms with Gasteiger partial charge >= 0.3 is 0 Å². The van der Waals surface area contributed by atoms with Crippen LogP contribution in [-0.4, -0.2) is 54.2 Å². The Hall–Kier alpha value is -2.98. The van der Waals surface area contributed by atoms with Gasteiger partial charge in [-0.25, -0.2) is 9.97 Å². The molecule has 28 heavy (non-hydrogen) atoms. The summed E-state index contributed by atoms with van der Waals surface area (Å²) < 4.78 is 28.2. The monoisotopic (exact) mass is 401 g/mol.